The number of likely N-dealkylation sites (tertiary alicyclic amines) is 1. The molecule has 2 heterocycles. The lowest BCUT2D eigenvalue weighted by atomic mass is 10.1. The summed E-state index contributed by atoms with van der Waals surface area (Å²) in [5, 5.41) is 4.17. The summed E-state index contributed by atoms with van der Waals surface area (Å²) in [5.41, 5.74) is 1.39. The third-order valence-corrected chi connectivity index (χ3v) is 4.70. The van der Waals surface area contributed by atoms with Gasteiger partial charge < -0.3 is 14.8 Å². The Bertz CT molecular complexity index is 748. The maximum atomic E-state index is 12.4. The molecule has 1 fully saturated rings. The van der Waals surface area contributed by atoms with E-state index in [1.807, 2.05) is 24.1 Å². The van der Waals surface area contributed by atoms with Gasteiger partial charge in [0, 0.05) is 36.1 Å². The Balaban J connectivity index is 1.70. The summed E-state index contributed by atoms with van der Waals surface area (Å²) < 4.78 is 1.79. The lowest BCUT2D eigenvalue weighted by Crippen LogP contribution is -2.42. The van der Waals surface area contributed by atoms with Gasteiger partial charge in [-0.05, 0) is 37.5 Å². The fraction of sp³-hybridized carbons (Fsp3) is 0.412. The van der Waals surface area contributed by atoms with E-state index in [0.29, 0.717) is 10.7 Å². The molecule has 1 aromatic heterocycles. The van der Waals surface area contributed by atoms with Gasteiger partial charge in [0.25, 0.3) is 5.91 Å². The number of nitrogens with one attached hydrogen (secondary N) is 1. The molecule has 0 saturated carbocycles. The van der Waals surface area contributed by atoms with E-state index in [1.54, 1.807) is 16.7 Å². The first-order valence-corrected chi connectivity index (χ1v) is 8.25. The maximum absolute atomic E-state index is 12.4. The third-order valence-electron chi connectivity index (χ3n) is 4.38. The van der Waals surface area contributed by atoms with E-state index < -0.39 is 0 Å². The molecule has 0 spiro atoms. The van der Waals surface area contributed by atoms with Crippen LogP contribution < -0.4 is 5.32 Å². The number of rotatable bonds is 3. The molecule has 1 aliphatic rings. The fourth-order valence-electron chi connectivity index (χ4n) is 3.04. The molecule has 1 aromatic carbocycles. The number of fused-ring (bicyclic) bond motifs is 1. The molecule has 1 saturated heterocycles. The van der Waals surface area contributed by atoms with E-state index >= 15 is 0 Å². The normalized spacial score (nSPS) is 15.0. The third kappa shape index (κ3) is 3.20. The predicted octanol–water partition coefficient (Wildman–Crippen LogP) is 2.57. The number of halogens is 1. The van der Waals surface area contributed by atoms with Gasteiger partial charge in [-0.2, -0.15) is 0 Å². The molecule has 0 radical (unpaired) electrons. The van der Waals surface area contributed by atoms with Gasteiger partial charge in [0.2, 0.25) is 5.91 Å². The number of hydrogen-bond donors (Lipinski definition) is 1. The first-order chi connectivity index (χ1) is 11.1. The minimum Gasteiger partial charge on any atom is -0.342 e. The number of benzene rings is 1. The van der Waals surface area contributed by atoms with Crippen molar-refractivity contribution >= 4 is 34.3 Å². The number of carbonyl (C=O) groups is 2. The highest BCUT2D eigenvalue weighted by Gasteiger charge is 2.19. The van der Waals surface area contributed by atoms with Crippen LogP contribution >= 0.6 is 11.6 Å². The molecule has 1 aliphatic heterocycles. The summed E-state index contributed by atoms with van der Waals surface area (Å²) >= 11 is 6.17. The number of hydrogen-bond acceptors (Lipinski definition) is 2. The molecule has 3 rings (SSSR count). The molecule has 0 bridgehead atoms. The topological polar surface area (TPSA) is 54.3 Å². The summed E-state index contributed by atoms with van der Waals surface area (Å²) in [7, 11) is 1.82. The zero-order valence-electron chi connectivity index (χ0n) is 13.1. The van der Waals surface area contributed by atoms with E-state index in [1.165, 1.54) is 6.42 Å². The van der Waals surface area contributed by atoms with Crippen molar-refractivity contribution in [3.8, 4) is 0 Å². The lowest BCUT2D eigenvalue weighted by molar-refractivity contribution is -0.130. The maximum Gasteiger partial charge on any atom is 0.268 e. The van der Waals surface area contributed by atoms with Crippen molar-refractivity contribution in [1.29, 1.82) is 0 Å². The zero-order chi connectivity index (χ0) is 16.4. The molecule has 1 N–H and O–H groups in total. The summed E-state index contributed by atoms with van der Waals surface area (Å²) in [6, 6.07) is 7.33. The van der Waals surface area contributed by atoms with Crippen LogP contribution in [0.3, 0.4) is 0 Å². The summed E-state index contributed by atoms with van der Waals surface area (Å²) in [6.45, 7) is 1.62. The smallest absolute Gasteiger partial charge is 0.268 e. The van der Waals surface area contributed by atoms with Crippen molar-refractivity contribution in [2.75, 3.05) is 19.6 Å². The second kappa shape index (κ2) is 6.62. The van der Waals surface area contributed by atoms with E-state index in [2.05, 4.69) is 5.32 Å². The van der Waals surface area contributed by atoms with Crippen LogP contribution in [-0.2, 0) is 11.8 Å². The van der Waals surface area contributed by atoms with Crippen LogP contribution in [0.25, 0.3) is 10.9 Å². The predicted molar refractivity (Wildman–Crippen MR) is 90.7 cm³/mol. The van der Waals surface area contributed by atoms with Crippen molar-refractivity contribution in [3.63, 3.8) is 0 Å². The highest BCUT2D eigenvalue weighted by Crippen LogP contribution is 2.26. The Kier molecular flexibility index (Phi) is 4.57. The van der Waals surface area contributed by atoms with E-state index in [0.717, 1.165) is 36.8 Å². The number of piperidine rings is 1. The standard InChI is InChI=1S/C17H20ClN3O2/c1-20-14-7-5-6-13(18)12(14)10-15(20)17(23)19-11-16(22)21-8-3-2-4-9-21/h5-7,10H,2-4,8-9,11H2,1H3,(H,19,23). The number of carbonyl (C=O) groups excluding carboxylic acids is 2. The van der Waals surface area contributed by atoms with Crippen LogP contribution in [0.2, 0.25) is 5.02 Å². The van der Waals surface area contributed by atoms with Crippen LogP contribution in [0.5, 0.6) is 0 Å². The van der Waals surface area contributed by atoms with Gasteiger partial charge in [-0.3, -0.25) is 9.59 Å². The summed E-state index contributed by atoms with van der Waals surface area (Å²) in [5.74, 6) is -0.278. The van der Waals surface area contributed by atoms with Crippen LogP contribution in [0.1, 0.15) is 29.8 Å². The summed E-state index contributed by atoms with van der Waals surface area (Å²) in [4.78, 5) is 26.3. The van der Waals surface area contributed by atoms with Gasteiger partial charge in [-0.15, -0.1) is 0 Å². The van der Waals surface area contributed by atoms with Gasteiger partial charge in [0.15, 0.2) is 0 Å². The molecule has 2 amide bonds. The van der Waals surface area contributed by atoms with Crippen molar-refractivity contribution in [1.82, 2.24) is 14.8 Å². The fourth-order valence-corrected chi connectivity index (χ4v) is 3.27. The van der Waals surface area contributed by atoms with Crippen LogP contribution in [0.15, 0.2) is 24.3 Å². The van der Waals surface area contributed by atoms with Gasteiger partial charge in [0.05, 0.1) is 6.54 Å². The van der Waals surface area contributed by atoms with Crippen LogP contribution in [0.4, 0.5) is 0 Å². The molecule has 122 valence electrons. The van der Waals surface area contributed by atoms with Gasteiger partial charge in [-0.25, -0.2) is 0 Å². The van der Waals surface area contributed by atoms with Crippen molar-refractivity contribution in [3.05, 3.63) is 35.0 Å². The highest BCUT2D eigenvalue weighted by atomic mass is 35.5. The van der Waals surface area contributed by atoms with E-state index in [9.17, 15) is 9.59 Å². The largest absolute Gasteiger partial charge is 0.342 e. The molecule has 6 heteroatoms. The van der Waals surface area contributed by atoms with Gasteiger partial charge in [-0.1, -0.05) is 17.7 Å². The Morgan fingerprint density at radius 1 is 1.22 bits per heavy atom. The quantitative estimate of drug-likeness (QED) is 0.938. The van der Waals surface area contributed by atoms with Crippen LogP contribution in [0, 0.1) is 0 Å². The molecule has 2 aromatic rings. The Hall–Kier alpha value is -2.01. The Morgan fingerprint density at radius 3 is 2.65 bits per heavy atom. The monoisotopic (exact) mass is 333 g/mol. The number of nitrogens with zero attached hydrogens (tertiary/aromatic N) is 2. The van der Waals surface area contributed by atoms with E-state index in [-0.39, 0.29) is 18.4 Å². The minimum atomic E-state index is -0.259. The minimum absolute atomic E-state index is 0.0187. The number of aromatic nitrogens is 1. The second-order valence-electron chi connectivity index (χ2n) is 5.89. The van der Waals surface area contributed by atoms with Gasteiger partial charge in [0.1, 0.15) is 5.69 Å². The molecule has 5 nitrogen and oxygen atoms in total. The highest BCUT2D eigenvalue weighted by molar-refractivity contribution is 6.35. The number of aryl methyl sites for hydroxylation is 1. The van der Waals surface area contributed by atoms with Gasteiger partial charge >= 0.3 is 0 Å². The first-order valence-electron chi connectivity index (χ1n) is 7.88. The Labute approximate surface area is 140 Å². The molecule has 0 atom stereocenters. The zero-order valence-corrected chi connectivity index (χ0v) is 13.9. The first kappa shape index (κ1) is 15.9. The summed E-state index contributed by atoms with van der Waals surface area (Å²) in [6.07, 6.45) is 3.26. The van der Waals surface area contributed by atoms with Crippen LogP contribution in [-0.4, -0.2) is 40.9 Å². The van der Waals surface area contributed by atoms with Crippen molar-refractivity contribution in [2.45, 2.75) is 19.3 Å². The molecule has 23 heavy (non-hydrogen) atoms. The number of amides is 2. The van der Waals surface area contributed by atoms with Crippen molar-refractivity contribution in [2.24, 2.45) is 7.05 Å². The SMILES string of the molecule is Cn1c(C(=O)NCC(=O)N2CCCCC2)cc2c(Cl)cccc21. The molecular weight excluding hydrogens is 314 g/mol. The van der Waals surface area contributed by atoms with E-state index in [4.69, 9.17) is 11.6 Å². The lowest BCUT2D eigenvalue weighted by Gasteiger charge is -2.26. The molecular formula is C17H20ClN3O2. The second-order valence-corrected chi connectivity index (χ2v) is 6.29. The average molecular weight is 334 g/mol. The van der Waals surface area contributed by atoms with Crippen molar-refractivity contribution < 1.29 is 9.59 Å². The molecule has 0 unspecified atom stereocenters. The average Bonchev–Trinajstić information content (AvgIpc) is 2.92. The Morgan fingerprint density at radius 2 is 1.96 bits per heavy atom. The molecule has 0 aliphatic carbocycles.